The lowest BCUT2D eigenvalue weighted by atomic mass is 9.99. The van der Waals surface area contributed by atoms with Gasteiger partial charge in [0.1, 0.15) is 19.3 Å². The van der Waals surface area contributed by atoms with Crippen LogP contribution in [-0.2, 0) is 65.4 Å². The molecule has 17 nitrogen and oxygen atoms in total. The summed E-state index contributed by atoms with van der Waals surface area (Å²) < 4.78 is 68.1. The van der Waals surface area contributed by atoms with Crippen molar-refractivity contribution in [3.63, 3.8) is 0 Å². The number of aliphatic hydroxyl groups excluding tert-OH is 1. The highest BCUT2D eigenvalue weighted by Crippen LogP contribution is 2.45. The molecule has 0 heterocycles. The van der Waals surface area contributed by atoms with Crippen molar-refractivity contribution in [2.75, 3.05) is 39.6 Å². The first-order valence-corrected chi connectivity index (χ1v) is 38.1. The fourth-order valence-electron chi connectivity index (χ4n) is 10.00. The van der Waals surface area contributed by atoms with E-state index in [2.05, 4.69) is 41.5 Å². The molecule has 7 atom stereocenters. The third-order valence-electron chi connectivity index (χ3n) is 16.2. The van der Waals surface area contributed by atoms with Crippen LogP contribution in [0.2, 0.25) is 0 Å². The largest absolute Gasteiger partial charge is 0.472 e. The van der Waals surface area contributed by atoms with Crippen molar-refractivity contribution in [1.29, 1.82) is 0 Å². The van der Waals surface area contributed by atoms with Crippen LogP contribution >= 0.6 is 15.6 Å². The summed E-state index contributed by atoms with van der Waals surface area (Å²) in [6.45, 7) is 9.54. The Kier molecular flexibility index (Phi) is 58.0. The van der Waals surface area contributed by atoms with Gasteiger partial charge in [0.15, 0.2) is 12.2 Å². The van der Waals surface area contributed by atoms with Crippen LogP contribution in [0, 0.1) is 11.8 Å². The molecule has 0 fully saturated rings. The molecule has 0 aromatic rings. The molecule has 0 aromatic heterocycles. The zero-order valence-corrected chi connectivity index (χ0v) is 57.4. The standard InChI is InChI=1S/C67H130O17P2/c1-7-11-13-15-17-23-31-37-43-49-64(69)77-55-62(83-66(71)51-45-39-33-24-18-16-14-12-8-2)57-81-85(73,74)79-53-61(68)54-80-86(75,76)82-58-63(84-67(72)52-46-40-34-28-22-20-26-30-36-42-48-60(6)10-4)56-78-65(70)50-44-38-32-27-21-19-25-29-35-41-47-59(5)9-3/h59-63,68H,7-58H2,1-6H3,(H,73,74)(H,75,76)/t59?,60?,61-,62+,63+/m0/s1. The fourth-order valence-corrected chi connectivity index (χ4v) is 11.6. The summed E-state index contributed by atoms with van der Waals surface area (Å²) in [7, 11) is -9.89. The van der Waals surface area contributed by atoms with E-state index in [0.29, 0.717) is 25.7 Å². The van der Waals surface area contributed by atoms with Gasteiger partial charge in [0, 0.05) is 25.7 Å². The number of aliphatic hydroxyl groups is 1. The van der Waals surface area contributed by atoms with Gasteiger partial charge in [-0.05, 0) is 37.5 Å². The van der Waals surface area contributed by atoms with Gasteiger partial charge in [-0.15, -0.1) is 0 Å². The first-order valence-electron chi connectivity index (χ1n) is 35.1. The van der Waals surface area contributed by atoms with Gasteiger partial charge in [0.25, 0.3) is 0 Å². The summed E-state index contributed by atoms with van der Waals surface area (Å²) in [5.74, 6) is -0.518. The smallest absolute Gasteiger partial charge is 0.462 e. The number of hydrogen-bond acceptors (Lipinski definition) is 15. The van der Waals surface area contributed by atoms with Gasteiger partial charge in [-0.2, -0.15) is 0 Å². The van der Waals surface area contributed by atoms with Crippen molar-refractivity contribution in [2.24, 2.45) is 11.8 Å². The van der Waals surface area contributed by atoms with Gasteiger partial charge in [-0.1, -0.05) is 286 Å². The van der Waals surface area contributed by atoms with Gasteiger partial charge in [0.05, 0.1) is 26.4 Å². The average molecular weight is 1270 g/mol. The van der Waals surface area contributed by atoms with E-state index in [4.69, 9.17) is 37.0 Å². The number of unbranched alkanes of at least 4 members (excludes halogenated alkanes) is 34. The number of phosphoric acid groups is 2. The number of hydrogen-bond donors (Lipinski definition) is 3. The molecule has 19 heteroatoms. The molecule has 0 aromatic carbocycles. The highest BCUT2D eigenvalue weighted by molar-refractivity contribution is 7.47. The molecule has 0 aliphatic rings. The molecule has 0 bridgehead atoms. The maximum absolute atomic E-state index is 13.0. The topological polar surface area (TPSA) is 237 Å². The molecule has 4 unspecified atom stereocenters. The van der Waals surface area contributed by atoms with E-state index in [0.717, 1.165) is 102 Å². The van der Waals surface area contributed by atoms with Crippen molar-refractivity contribution in [3.05, 3.63) is 0 Å². The molecule has 0 rings (SSSR count). The number of rotatable bonds is 66. The van der Waals surface area contributed by atoms with Crippen LogP contribution in [0.3, 0.4) is 0 Å². The third-order valence-corrected chi connectivity index (χ3v) is 18.1. The van der Waals surface area contributed by atoms with E-state index in [1.165, 1.54) is 154 Å². The minimum absolute atomic E-state index is 0.106. The van der Waals surface area contributed by atoms with E-state index >= 15 is 0 Å². The maximum Gasteiger partial charge on any atom is 0.472 e. The molecular weight excluding hydrogens is 1140 g/mol. The second-order valence-electron chi connectivity index (χ2n) is 24.7. The van der Waals surface area contributed by atoms with Crippen LogP contribution in [0.4, 0.5) is 0 Å². The highest BCUT2D eigenvalue weighted by Gasteiger charge is 2.30. The Morgan fingerprint density at radius 3 is 0.826 bits per heavy atom. The maximum atomic E-state index is 13.0. The molecule has 510 valence electrons. The SMILES string of the molecule is CCCCCCCCCCCC(=O)OC[C@H](COP(=O)(O)OC[C@H](O)COP(=O)(O)OC[C@@H](COC(=O)CCCCCCCCCCCCC(C)CC)OC(=O)CCCCCCCCCCCCC(C)CC)OC(=O)CCCCCCCCCCC. The molecule has 0 amide bonds. The molecule has 0 saturated carbocycles. The third kappa shape index (κ3) is 58.4. The van der Waals surface area contributed by atoms with Crippen molar-refractivity contribution < 1.29 is 80.2 Å². The number of ether oxygens (including phenoxy) is 4. The quantitative estimate of drug-likeness (QED) is 0.0222. The second kappa shape index (κ2) is 59.4. The average Bonchev–Trinajstić information content (AvgIpc) is 3.71. The predicted molar refractivity (Wildman–Crippen MR) is 345 cm³/mol. The van der Waals surface area contributed by atoms with Gasteiger partial charge in [-0.3, -0.25) is 37.3 Å². The Morgan fingerprint density at radius 1 is 0.326 bits per heavy atom. The molecule has 0 spiro atoms. The summed E-state index contributed by atoms with van der Waals surface area (Å²) in [4.78, 5) is 72.3. The van der Waals surface area contributed by atoms with Crippen LogP contribution in [0.25, 0.3) is 0 Å². The number of carbonyl (C=O) groups excluding carboxylic acids is 4. The van der Waals surface area contributed by atoms with Crippen LogP contribution in [-0.4, -0.2) is 96.7 Å². The Balaban J connectivity index is 5.24. The van der Waals surface area contributed by atoms with Crippen LogP contribution in [0.1, 0.15) is 337 Å². The Bertz CT molecular complexity index is 1690. The number of carbonyl (C=O) groups is 4. The van der Waals surface area contributed by atoms with Crippen LogP contribution in [0.5, 0.6) is 0 Å². The highest BCUT2D eigenvalue weighted by atomic mass is 31.2. The summed E-state index contributed by atoms with van der Waals surface area (Å²) in [6.07, 6.45) is 42.9. The Morgan fingerprint density at radius 2 is 0.558 bits per heavy atom. The Hall–Kier alpha value is -1.94. The number of esters is 4. The van der Waals surface area contributed by atoms with E-state index in [9.17, 15) is 43.2 Å². The molecular formula is C67H130O17P2. The first-order chi connectivity index (χ1) is 41.4. The van der Waals surface area contributed by atoms with Crippen LogP contribution < -0.4 is 0 Å². The van der Waals surface area contributed by atoms with Crippen molar-refractivity contribution in [1.82, 2.24) is 0 Å². The van der Waals surface area contributed by atoms with Gasteiger partial charge in [0.2, 0.25) is 0 Å². The van der Waals surface area contributed by atoms with Gasteiger partial charge < -0.3 is 33.8 Å². The van der Waals surface area contributed by atoms with Crippen molar-refractivity contribution in [2.45, 2.75) is 355 Å². The first kappa shape index (κ1) is 84.1. The van der Waals surface area contributed by atoms with Gasteiger partial charge >= 0.3 is 39.5 Å². The van der Waals surface area contributed by atoms with E-state index in [1.54, 1.807) is 0 Å². The van der Waals surface area contributed by atoms with Crippen molar-refractivity contribution >= 4 is 39.5 Å². The molecule has 0 radical (unpaired) electrons. The zero-order chi connectivity index (χ0) is 63.6. The molecule has 86 heavy (non-hydrogen) atoms. The lowest BCUT2D eigenvalue weighted by molar-refractivity contribution is -0.161. The molecule has 0 saturated heterocycles. The van der Waals surface area contributed by atoms with Gasteiger partial charge in [-0.25, -0.2) is 9.13 Å². The fraction of sp³-hybridized carbons (Fsp3) is 0.940. The lowest BCUT2D eigenvalue weighted by Gasteiger charge is -2.21. The van der Waals surface area contributed by atoms with Crippen LogP contribution in [0.15, 0.2) is 0 Å². The Labute approximate surface area is 524 Å². The summed E-state index contributed by atoms with van der Waals surface area (Å²) in [5, 5.41) is 10.6. The summed E-state index contributed by atoms with van der Waals surface area (Å²) in [5.41, 5.74) is 0. The van der Waals surface area contributed by atoms with E-state index in [1.807, 2.05) is 0 Å². The van der Waals surface area contributed by atoms with Crippen molar-refractivity contribution in [3.8, 4) is 0 Å². The normalized spacial score (nSPS) is 14.8. The molecule has 0 aliphatic heterocycles. The summed E-state index contributed by atoms with van der Waals surface area (Å²) >= 11 is 0. The number of phosphoric ester groups is 2. The minimum atomic E-state index is -4.95. The lowest BCUT2D eigenvalue weighted by Crippen LogP contribution is -2.30. The zero-order valence-electron chi connectivity index (χ0n) is 55.6. The molecule has 0 aliphatic carbocycles. The van der Waals surface area contributed by atoms with E-state index < -0.39 is 97.5 Å². The summed E-state index contributed by atoms with van der Waals surface area (Å²) in [6, 6.07) is 0. The van der Waals surface area contributed by atoms with E-state index in [-0.39, 0.29) is 25.7 Å². The minimum Gasteiger partial charge on any atom is -0.462 e. The predicted octanol–water partition coefficient (Wildman–Crippen LogP) is 18.8. The molecule has 3 N–H and O–H groups in total. The monoisotopic (exact) mass is 1270 g/mol. The second-order valence-corrected chi connectivity index (χ2v) is 27.6.